The van der Waals surface area contributed by atoms with Crippen LogP contribution in [0.2, 0.25) is 0 Å². The second-order valence-electron chi connectivity index (χ2n) is 5.82. The van der Waals surface area contributed by atoms with Crippen molar-refractivity contribution >= 4 is 40.7 Å². The zero-order valence-electron chi connectivity index (χ0n) is 10.6. The van der Waals surface area contributed by atoms with Crippen molar-refractivity contribution in [1.29, 1.82) is 0 Å². The summed E-state index contributed by atoms with van der Waals surface area (Å²) in [7, 11) is 0. The van der Waals surface area contributed by atoms with Crippen molar-refractivity contribution in [3.63, 3.8) is 0 Å². The average Bonchev–Trinajstić information content (AvgIpc) is 2.44. The number of nitrogens with zero attached hydrogens (tertiary/aromatic N) is 1. The molecule has 1 saturated heterocycles. The second kappa shape index (κ2) is 4.16. The summed E-state index contributed by atoms with van der Waals surface area (Å²) in [4.78, 5) is 14.1. The first-order valence-electron chi connectivity index (χ1n) is 5.83. The van der Waals surface area contributed by atoms with Crippen LogP contribution in [0.3, 0.4) is 0 Å². The molecule has 100 valence electrons. The third kappa shape index (κ3) is 1.81. The average molecular weight is 309 g/mol. The first kappa shape index (κ1) is 14.2. The van der Waals surface area contributed by atoms with Gasteiger partial charge in [0.05, 0.1) is 10.8 Å². The Kier molecular flexibility index (Phi) is 3.29. The van der Waals surface area contributed by atoms with Gasteiger partial charge in [0.25, 0.3) is 5.91 Å². The van der Waals surface area contributed by atoms with E-state index in [0.29, 0.717) is 6.54 Å². The molecule has 1 heterocycles. The summed E-state index contributed by atoms with van der Waals surface area (Å²) in [6.45, 7) is 6.30. The Labute approximate surface area is 123 Å². The molecule has 0 aromatic carbocycles. The lowest BCUT2D eigenvalue weighted by Crippen LogP contribution is -2.45. The van der Waals surface area contributed by atoms with Gasteiger partial charge in [-0.3, -0.25) is 4.79 Å². The van der Waals surface area contributed by atoms with Crippen LogP contribution in [0.5, 0.6) is 0 Å². The number of alkyl halides is 3. The third-order valence-electron chi connectivity index (χ3n) is 3.60. The van der Waals surface area contributed by atoms with Gasteiger partial charge in [-0.1, -0.05) is 47.5 Å². The van der Waals surface area contributed by atoms with Gasteiger partial charge in [-0.25, -0.2) is 0 Å². The van der Waals surface area contributed by atoms with E-state index in [9.17, 15) is 4.79 Å². The van der Waals surface area contributed by atoms with Gasteiger partial charge in [0.2, 0.25) is 4.33 Å². The first-order chi connectivity index (χ1) is 8.13. The quantitative estimate of drug-likeness (QED) is 0.627. The molecule has 18 heavy (non-hydrogen) atoms. The number of carbonyl (C=O) groups excluding carboxylic acids is 1. The van der Waals surface area contributed by atoms with Crippen LogP contribution in [0.25, 0.3) is 0 Å². The molecule has 1 aliphatic heterocycles. The van der Waals surface area contributed by atoms with Crippen molar-refractivity contribution in [1.82, 2.24) is 4.90 Å². The number of rotatable bonds is 0. The van der Waals surface area contributed by atoms with Crippen molar-refractivity contribution in [3.8, 4) is 0 Å². The molecular weight excluding hydrogens is 293 g/mol. The molecule has 2 rings (SSSR count). The number of carbonyl (C=O) groups is 1. The highest BCUT2D eigenvalue weighted by Crippen LogP contribution is 2.55. The number of hydrogen-bond donors (Lipinski definition) is 0. The summed E-state index contributed by atoms with van der Waals surface area (Å²) in [6, 6.07) is 0. The number of allylic oxidation sites excluding steroid dienone is 3. The minimum absolute atomic E-state index is 0.274. The lowest BCUT2D eigenvalue weighted by Gasteiger charge is -2.37. The van der Waals surface area contributed by atoms with Gasteiger partial charge < -0.3 is 4.90 Å². The molecule has 0 aromatic rings. The van der Waals surface area contributed by atoms with Gasteiger partial charge in [0, 0.05) is 12.1 Å². The Morgan fingerprint density at radius 1 is 1.33 bits per heavy atom. The lowest BCUT2D eigenvalue weighted by molar-refractivity contribution is -0.132. The van der Waals surface area contributed by atoms with Crippen molar-refractivity contribution < 1.29 is 4.79 Å². The van der Waals surface area contributed by atoms with E-state index in [1.54, 1.807) is 4.90 Å². The molecule has 1 aliphatic carbocycles. The molecule has 5 heteroatoms. The number of hydrogen-bond acceptors (Lipinski definition) is 1. The normalized spacial score (nSPS) is 34.7. The summed E-state index contributed by atoms with van der Waals surface area (Å²) < 4.78 is -1.52. The summed E-state index contributed by atoms with van der Waals surface area (Å²) in [6.07, 6.45) is 7.36. The topological polar surface area (TPSA) is 20.3 Å². The highest BCUT2D eigenvalue weighted by atomic mass is 35.5. The summed E-state index contributed by atoms with van der Waals surface area (Å²) in [5, 5.41) is -0.395. The molecule has 1 spiro atoms. The molecule has 1 unspecified atom stereocenters. The van der Waals surface area contributed by atoms with Crippen LogP contribution >= 0.6 is 34.8 Å². The van der Waals surface area contributed by atoms with Gasteiger partial charge in [-0.15, -0.1) is 11.6 Å². The zero-order chi connectivity index (χ0) is 13.8. The summed E-state index contributed by atoms with van der Waals surface area (Å²) in [5.41, 5.74) is -1.10. The minimum atomic E-state index is -1.52. The molecule has 2 atom stereocenters. The standard InChI is InChI=1S/C13H16Cl3NO/c1-11(2,3)17-8-12(13(15,16)10(17)18)7-5-4-6-9(12)14/h4-7,9H,8H2,1-3H3/t9-,12?/m1/s1. The molecular formula is C13H16Cl3NO. The molecule has 1 fully saturated rings. The van der Waals surface area contributed by atoms with Crippen molar-refractivity contribution in [2.24, 2.45) is 5.41 Å². The monoisotopic (exact) mass is 307 g/mol. The molecule has 0 N–H and O–H groups in total. The van der Waals surface area contributed by atoms with Crippen LogP contribution in [0.4, 0.5) is 0 Å². The molecule has 0 aromatic heterocycles. The van der Waals surface area contributed by atoms with Gasteiger partial charge in [-0.05, 0) is 20.8 Å². The number of likely N-dealkylation sites (tertiary alicyclic amines) is 1. The molecule has 2 nitrogen and oxygen atoms in total. The Morgan fingerprint density at radius 3 is 2.39 bits per heavy atom. The number of amides is 1. The van der Waals surface area contributed by atoms with E-state index in [1.165, 1.54) is 0 Å². The van der Waals surface area contributed by atoms with E-state index in [-0.39, 0.29) is 11.4 Å². The predicted octanol–water partition coefficient (Wildman–Crippen LogP) is 3.52. The van der Waals surface area contributed by atoms with E-state index in [4.69, 9.17) is 34.8 Å². The number of halogens is 3. The van der Waals surface area contributed by atoms with Crippen LogP contribution in [-0.4, -0.2) is 32.6 Å². The maximum Gasteiger partial charge on any atom is 0.260 e. The molecule has 2 aliphatic rings. The Morgan fingerprint density at radius 2 is 1.94 bits per heavy atom. The van der Waals surface area contributed by atoms with Crippen LogP contribution in [0.1, 0.15) is 20.8 Å². The summed E-state index contributed by atoms with van der Waals surface area (Å²) >= 11 is 19.1. The second-order valence-corrected chi connectivity index (χ2v) is 7.62. The fraction of sp³-hybridized carbons (Fsp3) is 0.615. The van der Waals surface area contributed by atoms with E-state index in [0.717, 1.165) is 0 Å². The maximum absolute atomic E-state index is 12.4. The SMILES string of the molecule is CC(C)(C)N1CC2(C=CC=C[C@H]2Cl)C(Cl)(Cl)C1=O. The predicted molar refractivity (Wildman–Crippen MR) is 76.3 cm³/mol. The first-order valence-corrected chi connectivity index (χ1v) is 7.02. The van der Waals surface area contributed by atoms with Gasteiger partial charge in [0.15, 0.2) is 0 Å². The van der Waals surface area contributed by atoms with Gasteiger partial charge in [-0.2, -0.15) is 0 Å². The van der Waals surface area contributed by atoms with Gasteiger partial charge in [0.1, 0.15) is 0 Å². The zero-order valence-corrected chi connectivity index (χ0v) is 12.9. The molecule has 0 bridgehead atoms. The van der Waals surface area contributed by atoms with Crippen molar-refractivity contribution in [2.45, 2.75) is 36.0 Å². The molecule has 1 amide bonds. The maximum atomic E-state index is 12.4. The Balaban J connectivity index is 2.49. The fourth-order valence-electron chi connectivity index (χ4n) is 2.41. The van der Waals surface area contributed by atoms with Crippen molar-refractivity contribution in [2.75, 3.05) is 6.54 Å². The smallest absolute Gasteiger partial charge is 0.260 e. The Hall–Kier alpha value is -0.180. The third-order valence-corrected chi connectivity index (χ3v) is 5.17. The molecule has 0 radical (unpaired) electrons. The van der Waals surface area contributed by atoms with Gasteiger partial charge >= 0.3 is 0 Å². The van der Waals surface area contributed by atoms with Crippen LogP contribution in [0.15, 0.2) is 24.3 Å². The highest BCUT2D eigenvalue weighted by Gasteiger charge is 2.65. The van der Waals surface area contributed by atoms with E-state index in [2.05, 4.69) is 0 Å². The van der Waals surface area contributed by atoms with Crippen LogP contribution in [0, 0.1) is 5.41 Å². The van der Waals surface area contributed by atoms with Crippen LogP contribution in [-0.2, 0) is 4.79 Å². The lowest BCUT2D eigenvalue weighted by atomic mass is 9.79. The van der Waals surface area contributed by atoms with E-state index >= 15 is 0 Å². The van der Waals surface area contributed by atoms with E-state index < -0.39 is 15.1 Å². The fourth-order valence-corrected chi connectivity index (χ4v) is 3.60. The summed E-state index contributed by atoms with van der Waals surface area (Å²) in [5.74, 6) is -0.274. The van der Waals surface area contributed by atoms with E-state index in [1.807, 2.05) is 45.1 Å². The minimum Gasteiger partial charge on any atom is -0.334 e. The highest BCUT2D eigenvalue weighted by molar-refractivity contribution is 6.59. The largest absolute Gasteiger partial charge is 0.334 e. The van der Waals surface area contributed by atoms with Crippen LogP contribution < -0.4 is 0 Å². The Bertz CT molecular complexity index is 436. The molecule has 0 saturated carbocycles. The van der Waals surface area contributed by atoms with Crippen molar-refractivity contribution in [3.05, 3.63) is 24.3 Å².